The number of ether oxygens (including phenoxy) is 3. The molecule has 1 aliphatic rings. The average molecular weight is 490 g/mol. The molecule has 2 aromatic rings. The average Bonchev–Trinajstić information content (AvgIpc) is 2.62. The van der Waals surface area contributed by atoms with Crippen molar-refractivity contribution in [2.45, 2.75) is 13.2 Å². The van der Waals surface area contributed by atoms with E-state index in [4.69, 9.17) is 31.5 Å². The van der Waals surface area contributed by atoms with E-state index < -0.39 is 0 Å². The molecule has 6 nitrogen and oxygen atoms in total. The molecule has 0 atom stereocenters. The Hall–Kier alpha value is -1.71. The van der Waals surface area contributed by atoms with Gasteiger partial charge >= 0.3 is 0 Å². The normalized spacial score (nSPS) is 13.1. The number of hydrogen-bond donors (Lipinski definition) is 2. The maximum Gasteiger partial charge on any atom is 0.193 e. The maximum atomic E-state index is 6.23. The third-order valence-corrected chi connectivity index (χ3v) is 3.95. The van der Waals surface area contributed by atoms with Gasteiger partial charge < -0.3 is 25.3 Å². The summed E-state index contributed by atoms with van der Waals surface area (Å²) in [6, 6.07) is 11.5. The first-order chi connectivity index (χ1) is 12.2. The number of fused-ring (bicyclic) bond motifs is 1. The van der Waals surface area contributed by atoms with Crippen molar-refractivity contribution in [2.24, 2.45) is 10.7 Å². The fraction of sp³-hybridized carbons (Fsp3) is 0.278. The van der Waals surface area contributed by atoms with Crippen LogP contribution in [0, 0.1) is 0 Å². The van der Waals surface area contributed by atoms with Gasteiger partial charge in [0.25, 0.3) is 0 Å². The Morgan fingerprint density at radius 3 is 2.85 bits per heavy atom. The minimum Gasteiger partial charge on any atom is -0.486 e. The topological polar surface area (TPSA) is 78.1 Å². The number of hydrogen-bond acceptors (Lipinski definition) is 4. The van der Waals surface area contributed by atoms with Gasteiger partial charge in [0.1, 0.15) is 13.2 Å². The summed E-state index contributed by atoms with van der Waals surface area (Å²) in [5, 5.41) is 3.61. The predicted molar refractivity (Wildman–Crippen MR) is 114 cm³/mol. The highest BCUT2D eigenvalue weighted by molar-refractivity contribution is 14.0. The Bertz CT molecular complexity index is 786. The second-order valence-electron chi connectivity index (χ2n) is 5.52. The monoisotopic (exact) mass is 489 g/mol. The number of benzene rings is 2. The van der Waals surface area contributed by atoms with E-state index in [2.05, 4.69) is 10.3 Å². The predicted octanol–water partition coefficient (Wildman–Crippen LogP) is 3.80. The Balaban J connectivity index is 0.00000243. The molecule has 0 saturated heterocycles. The quantitative estimate of drug-likeness (QED) is 0.379. The summed E-state index contributed by atoms with van der Waals surface area (Å²) in [7, 11) is 1.65. The number of methoxy groups -OCH3 is 1. The highest BCUT2D eigenvalue weighted by Crippen LogP contribution is 2.38. The van der Waals surface area contributed by atoms with Gasteiger partial charge in [-0.25, -0.2) is 4.99 Å². The molecule has 1 aliphatic heterocycles. The van der Waals surface area contributed by atoms with E-state index in [-0.39, 0.29) is 24.0 Å². The Morgan fingerprint density at radius 1 is 1.27 bits per heavy atom. The molecular weight excluding hydrogens is 469 g/mol. The molecule has 0 radical (unpaired) electrons. The van der Waals surface area contributed by atoms with Crippen LogP contribution in [0.15, 0.2) is 41.4 Å². The maximum absolute atomic E-state index is 6.23. The Morgan fingerprint density at radius 2 is 2.04 bits per heavy atom. The molecule has 0 unspecified atom stereocenters. The molecule has 0 aromatic heterocycles. The summed E-state index contributed by atoms with van der Waals surface area (Å²) in [5.41, 5.74) is 8.77. The largest absolute Gasteiger partial charge is 0.486 e. The van der Waals surface area contributed by atoms with Gasteiger partial charge in [-0.2, -0.15) is 0 Å². The molecule has 0 fully saturated rings. The van der Waals surface area contributed by atoms with E-state index in [1.807, 2.05) is 36.4 Å². The zero-order valence-electron chi connectivity index (χ0n) is 14.3. The van der Waals surface area contributed by atoms with Gasteiger partial charge in [-0.3, -0.25) is 0 Å². The summed E-state index contributed by atoms with van der Waals surface area (Å²) in [6.45, 7) is 1.88. The number of nitrogens with one attached hydrogen (secondary N) is 1. The molecular formula is C18H21ClIN3O3. The summed E-state index contributed by atoms with van der Waals surface area (Å²) in [5.74, 6) is 1.54. The first kappa shape index (κ1) is 20.6. The molecule has 0 bridgehead atoms. The second kappa shape index (κ2) is 9.84. The van der Waals surface area contributed by atoms with E-state index in [9.17, 15) is 0 Å². The van der Waals surface area contributed by atoms with Crippen LogP contribution >= 0.6 is 35.6 Å². The lowest BCUT2D eigenvalue weighted by atomic mass is 10.2. The molecule has 26 heavy (non-hydrogen) atoms. The van der Waals surface area contributed by atoms with Gasteiger partial charge in [-0.15, -0.1) is 24.0 Å². The third-order valence-electron chi connectivity index (χ3n) is 3.67. The first-order valence-corrected chi connectivity index (χ1v) is 8.27. The lowest BCUT2D eigenvalue weighted by molar-refractivity contribution is 0.171. The van der Waals surface area contributed by atoms with Gasteiger partial charge in [-0.1, -0.05) is 29.8 Å². The molecule has 8 heteroatoms. The highest BCUT2D eigenvalue weighted by Gasteiger charge is 2.16. The van der Waals surface area contributed by atoms with Gasteiger partial charge in [0.15, 0.2) is 17.5 Å². The van der Waals surface area contributed by atoms with Crippen LogP contribution in [0.5, 0.6) is 11.5 Å². The lowest BCUT2D eigenvalue weighted by Gasteiger charge is -2.20. The third kappa shape index (κ3) is 5.15. The summed E-state index contributed by atoms with van der Waals surface area (Å²) >= 11 is 6.23. The van der Waals surface area contributed by atoms with Crippen molar-refractivity contribution in [3.8, 4) is 11.5 Å². The standard InChI is InChI=1S/C18H20ClN3O3.HI/c1-23-11-13-4-2-3-5-15(13)22-18(20)21-10-12-8-14(19)17-16(9-12)24-6-7-25-17;/h2-5,8-9H,6-7,10-11H2,1H3,(H3,20,21,22);1H. The van der Waals surface area contributed by atoms with Crippen LogP contribution in [-0.2, 0) is 17.9 Å². The van der Waals surface area contributed by atoms with E-state index >= 15 is 0 Å². The summed E-state index contributed by atoms with van der Waals surface area (Å²) in [4.78, 5) is 4.37. The highest BCUT2D eigenvalue weighted by atomic mass is 127. The van der Waals surface area contributed by atoms with Gasteiger partial charge in [0.2, 0.25) is 0 Å². The van der Waals surface area contributed by atoms with Crippen molar-refractivity contribution in [1.29, 1.82) is 0 Å². The summed E-state index contributed by atoms with van der Waals surface area (Å²) in [6.07, 6.45) is 0. The second-order valence-corrected chi connectivity index (χ2v) is 5.93. The van der Waals surface area contributed by atoms with Crippen LogP contribution in [0.4, 0.5) is 5.69 Å². The zero-order chi connectivity index (χ0) is 17.6. The lowest BCUT2D eigenvalue weighted by Crippen LogP contribution is -2.23. The SMILES string of the molecule is COCc1ccccc1NC(N)=NCc1cc(Cl)c2c(c1)OCCO2.I. The van der Waals surface area contributed by atoms with Crippen LogP contribution in [-0.4, -0.2) is 26.3 Å². The molecule has 3 N–H and O–H groups in total. The molecule has 0 aliphatic carbocycles. The number of halogens is 2. The van der Waals surface area contributed by atoms with Crippen LogP contribution in [0.3, 0.4) is 0 Å². The number of nitrogens with two attached hydrogens (primary N) is 1. The first-order valence-electron chi connectivity index (χ1n) is 7.89. The van der Waals surface area contributed by atoms with Crippen molar-refractivity contribution < 1.29 is 14.2 Å². The van der Waals surface area contributed by atoms with E-state index in [1.54, 1.807) is 7.11 Å². The minimum absolute atomic E-state index is 0. The fourth-order valence-corrected chi connectivity index (χ4v) is 2.82. The smallest absolute Gasteiger partial charge is 0.193 e. The molecule has 140 valence electrons. The Kier molecular flexibility index (Phi) is 7.80. The molecule has 0 amide bonds. The van der Waals surface area contributed by atoms with Crippen LogP contribution in [0.1, 0.15) is 11.1 Å². The molecule has 1 heterocycles. The van der Waals surface area contributed by atoms with E-state index in [0.717, 1.165) is 16.8 Å². The minimum atomic E-state index is 0. The van der Waals surface area contributed by atoms with Crippen LogP contribution < -0.4 is 20.5 Å². The van der Waals surface area contributed by atoms with Gasteiger partial charge in [-0.05, 0) is 23.8 Å². The Labute approximate surface area is 174 Å². The van der Waals surface area contributed by atoms with E-state index in [1.165, 1.54) is 0 Å². The number of nitrogens with zero attached hydrogens (tertiary/aromatic N) is 1. The van der Waals surface area contributed by atoms with Crippen molar-refractivity contribution in [2.75, 3.05) is 25.6 Å². The molecule has 2 aromatic carbocycles. The van der Waals surface area contributed by atoms with Gasteiger partial charge in [0, 0.05) is 18.4 Å². The fourth-order valence-electron chi connectivity index (χ4n) is 2.53. The number of anilines is 1. The van der Waals surface area contributed by atoms with Crippen LogP contribution in [0.2, 0.25) is 5.02 Å². The summed E-state index contributed by atoms with van der Waals surface area (Å²) < 4.78 is 16.3. The van der Waals surface area contributed by atoms with Crippen molar-refractivity contribution >= 4 is 47.2 Å². The molecule has 3 rings (SSSR count). The molecule has 0 saturated carbocycles. The number of rotatable bonds is 5. The van der Waals surface area contributed by atoms with Gasteiger partial charge in [0.05, 0.1) is 18.2 Å². The number of guanidine groups is 1. The number of para-hydroxylation sites is 1. The van der Waals surface area contributed by atoms with Crippen molar-refractivity contribution in [3.05, 3.63) is 52.5 Å². The number of aliphatic imine (C=N–C) groups is 1. The van der Waals surface area contributed by atoms with Crippen LogP contribution in [0.25, 0.3) is 0 Å². The van der Waals surface area contributed by atoms with E-state index in [0.29, 0.717) is 48.8 Å². The van der Waals surface area contributed by atoms with Crippen molar-refractivity contribution in [1.82, 2.24) is 0 Å². The molecule has 0 spiro atoms. The van der Waals surface area contributed by atoms with Crippen molar-refractivity contribution in [3.63, 3.8) is 0 Å². The zero-order valence-corrected chi connectivity index (χ0v) is 17.4.